The summed E-state index contributed by atoms with van der Waals surface area (Å²) >= 11 is 0. The molecule has 0 radical (unpaired) electrons. The van der Waals surface area contributed by atoms with Gasteiger partial charge < -0.3 is 5.73 Å². The van der Waals surface area contributed by atoms with E-state index >= 15 is 0 Å². The average molecular weight is 315 g/mol. The van der Waals surface area contributed by atoms with Gasteiger partial charge in [0.1, 0.15) is 6.17 Å². The van der Waals surface area contributed by atoms with Gasteiger partial charge in [0.15, 0.2) is 0 Å². The fourth-order valence-electron chi connectivity index (χ4n) is 2.40. The van der Waals surface area contributed by atoms with Crippen molar-refractivity contribution in [2.24, 2.45) is 5.73 Å². The van der Waals surface area contributed by atoms with Crippen molar-refractivity contribution in [3.05, 3.63) is 30.3 Å². The highest BCUT2D eigenvalue weighted by molar-refractivity contribution is 7.89. The maximum atomic E-state index is 13.3. The lowest BCUT2D eigenvalue weighted by atomic mass is 10.2. The third kappa shape index (κ3) is 3.99. The van der Waals surface area contributed by atoms with Gasteiger partial charge >= 0.3 is 0 Å². The Morgan fingerprint density at radius 1 is 1.38 bits per heavy atom. The molecule has 6 nitrogen and oxygen atoms in total. The number of primary amides is 1. The third-order valence-corrected chi connectivity index (χ3v) is 4.90. The Morgan fingerprint density at radius 3 is 2.67 bits per heavy atom. The standard InChI is InChI=1S/C13H18FN3O3S/c14-10-8-12(13(15)18)17(9-10)7-6-16-21(19,20)11-4-2-1-3-5-11/h1-5,10,12,16H,6-9H2,(H2,15,18)/t10-,12+/m1/s1. The summed E-state index contributed by atoms with van der Waals surface area (Å²) in [6.07, 6.45) is -1.03. The number of hydrogen-bond donors (Lipinski definition) is 2. The van der Waals surface area contributed by atoms with Crippen molar-refractivity contribution < 1.29 is 17.6 Å². The molecule has 1 amide bonds. The Morgan fingerprint density at radius 2 is 2.05 bits per heavy atom. The number of nitrogens with two attached hydrogens (primary N) is 1. The number of alkyl halides is 1. The van der Waals surface area contributed by atoms with Gasteiger partial charge in [0.05, 0.1) is 10.9 Å². The van der Waals surface area contributed by atoms with Gasteiger partial charge in [-0.25, -0.2) is 17.5 Å². The van der Waals surface area contributed by atoms with E-state index < -0.39 is 28.1 Å². The lowest BCUT2D eigenvalue weighted by molar-refractivity contribution is -0.122. The summed E-state index contributed by atoms with van der Waals surface area (Å²) in [4.78, 5) is 13.0. The quantitative estimate of drug-likeness (QED) is 0.764. The van der Waals surface area contributed by atoms with E-state index in [0.717, 1.165) is 0 Å². The number of halogens is 1. The second-order valence-corrected chi connectivity index (χ2v) is 6.72. The Labute approximate surface area is 123 Å². The van der Waals surface area contributed by atoms with E-state index in [1.807, 2.05) is 0 Å². The Kier molecular flexibility index (Phi) is 4.92. The summed E-state index contributed by atoms with van der Waals surface area (Å²) in [7, 11) is -3.59. The van der Waals surface area contributed by atoms with Crippen LogP contribution in [0.3, 0.4) is 0 Å². The number of amides is 1. The topological polar surface area (TPSA) is 92.5 Å². The third-order valence-electron chi connectivity index (χ3n) is 3.43. The average Bonchev–Trinajstić information content (AvgIpc) is 2.81. The second-order valence-electron chi connectivity index (χ2n) is 4.96. The van der Waals surface area contributed by atoms with Crippen LogP contribution in [-0.4, -0.2) is 51.1 Å². The number of nitrogens with zero attached hydrogens (tertiary/aromatic N) is 1. The molecular formula is C13H18FN3O3S. The summed E-state index contributed by atoms with van der Waals surface area (Å²) in [5.41, 5.74) is 5.21. The molecule has 1 fully saturated rings. The Bertz CT molecular complexity index is 594. The van der Waals surface area contributed by atoms with E-state index in [4.69, 9.17) is 5.73 Å². The molecule has 8 heteroatoms. The molecule has 2 atom stereocenters. The van der Waals surface area contributed by atoms with Crippen molar-refractivity contribution in [3.63, 3.8) is 0 Å². The monoisotopic (exact) mass is 315 g/mol. The predicted octanol–water partition coefficient (Wildman–Crippen LogP) is -0.137. The van der Waals surface area contributed by atoms with E-state index in [9.17, 15) is 17.6 Å². The minimum atomic E-state index is -3.59. The van der Waals surface area contributed by atoms with Crippen LogP contribution >= 0.6 is 0 Å². The number of likely N-dealkylation sites (tertiary alicyclic amines) is 1. The highest BCUT2D eigenvalue weighted by atomic mass is 32.2. The van der Waals surface area contributed by atoms with Gasteiger partial charge in [-0.15, -0.1) is 0 Å². The summed E-state index contributed by atoms with van der Waals surface area (Å²) in [5.74, 6) is -0.582. The first kappa shape index (κ1) is 15.9. The first-order chi connectivity index (χ1) is 9.90. The van der Waals surface area contributed by atoms with Crippen molar-refractivity contribution >= 4 is 15.9 Å². The molecule has 1 aliphatic rings. The van der Waals surface area contributed by atoms with Gasteiger partial charge in [0, 0.05) is 26.1 Å². The second kappa shape index (κ2) is 6.50. The highest BCUT2D eigenvalue weighted by Gasteiger charge is 2.35. The van der Waals surface area contributed by atoms with Crippen molar-refractivity contribution in [1.29, 1.82) is 0 Å². The van der Waals surface area contributed by atoms with Crippen LogP contribution in [0.4, 0.5) is 4.39 Å². The molecule has 1 aromatic rings. The summed E-state index contributed by atoms with van der Waals surface area (Å²) < 4.78 is 39.7. The van der Waals surface area contributed by atoms with Crippen LogP contribution in [-0.2, 0) is 14.8 Å². The molecule has 1 heterocycles. The largest absolute Gasteiger partial charge is 0.368 e. The van der Waals surface area contributed by atoms with E-state index in [1.165, 1.54) is 12.1 Å². The van der Waals surface area contributed by atoms with Crippen molar-refractivity contribution in [1.82, 2.24) is 9.62 Å². The molecule has 116 valence electrons. The lowest BCUT2D eigenvalue weighted by Gasteiger charge is -2.21. The Hall–Kier alpha value is -1.51. The normalized spacial score (nSPS) is 23.3. The van der Waals surface area contributed by atoms with Crippen LogP contribution in [0.25, 0.3) is 0 Å². The lowest BCUT2D eigenvalue weighted by Crippen LogP contribution is -2.43. The van der Waals surface area contributed by atoms with E-state index in [2.05, 4.69) is 4.72 Å². The summed E-state index contributed by atoms with van der Waals surface area (Å²) in [5, 5.41) is 0. The van der Waals surface area contributed by atoms with Crippen LogP contribution in [0.1, 0.15) is 6.42 Å². The maximum Gasteiger partial charge on any atom is 0.240 e. The first-order valence-corrected chi connectivity index (χ1v) is 8.10. The van der Waals surface area contributed by atoms with Crippen LogP contribution in [0.2, 0.25) is 0 Å². The van der Waals surface area contributed by atoms with Gasteiger partial charge in [0.2, 0.25) is 15.9 Å². The minimum absolute atomic E-state index is 0.0702. The molecule has 0 aromatic heterocycles. The first-order valence-electron chi connectivity index (χ1n) is 6.62. The molecule has 1 aromatic carbocycles. The number of rotatable bonds is 6. The molecular weight excluding hydrogens is 297 g/mol. The van der Waals surface area contributed by atoms with Gasteiger partial charge in [-0.05, 0) is 12.1 Å². The zero-order valence-corrected chi connectivity index (χ0v) is 12.2. The van der Waals surface area contributed by atoms with E-state index in [-0.39, 0.29) is 31.0 Å². The summed E-state index contributed by atoms with van der Waals surface area (Å²) in [6, 6.07) is 7.30. The molecule has 0 aliphatic carbocycles. The molecule has 0 spiro atoms. The SMILES string of the molecule is NC(=O)[C@@H]1C[C@@H](F)CN1CCNS(=O)(=O)c1ccccc1. The van der Waals surface area contributed by atoms with E-state index in [1.54, 1.807) is 23.1 Å². The maximum absolute atomic E-state index is 13.3. The number of sulfonamides is 1. The van der Waals surface area contributed by atoms with Crippen LogP contribution in [0.5, 0.6) is 0 Å². The molecule has 1 aliphatic heterocycles. The number of benzene rings is 1. The molecule has 1 saturated heterocycles. The minimum Gasteiger partial charge on any atom is -0.368 e. The number of hydrogen-bond acceptors (Lipinski definition) is 4. The summed E-state index contributed by atoms with van der Waals surface area (Å²) in [6.45, 7) is 0.425. The fraction of sp³-hybridized carbons (Fsp3) is 0.462. The van der Waals surface area contributed by atoms with Gasteiger partial charge in [0.25, 0.3) is 0 Å². The molecule has 0 saturated carbocycles. The molecule has 3 N–H and O–H groups in total. The van der Waals surface area contributed by atoms with Crippen LogP contribution in [0.15, 0.2) is 35.2 Å². The zero-order chi connectivity index (χ0) is 15.5. The van der Waals surface area contributed by atoms with Crippen molar-refractivity contribution in [2.75, 3.05) is 19.6 Å². The molecule has 0 bridgehead atoms. The molecule has 0 unspecified atom stereocenters. The number of carbonyl (C=O) groups is 1. The number of carbonyl (C=O) groups excluding carboxylic acids is 1. The van der Waals surface area contributed by atoms with Gasteiger partial charge in [-0.1, -0.05) is 18.2 Å². The van der Waals surface area contributed by atoms with E-state index in [0.29, 0.717) is 0 Å². The highest BCUT2D eigenvalue weighted by Crippen LogP contribution is 2.19. The van der Waals surface area contributed by atoms with Crippen LogP contribution in [0, 0.1) is 0 Å². The molecule has 2 rings (SSSR count). The van der Waals surface area contributed by atoms with Crippen molar-refractivity contribution in [3.8, 4) is 0 Å². The smallest absolute Gasteiger partial charge is 0.240 e. The Balaban J connectivity index is 1.91. The predicted molar refractivity (Wildman–Crippen MR) is 75.7 cm³/mol. The fourth-order valence-corrected chi connectivity index (χ4v) is 3.44. The van der Waals surface area contributed by atoms with Crippen LogP contribution < -0.4 is 10.5 Å². The molecule has 21 heavy (non-hydrogen) atoms. The van der Waals surface area contributed by atoms with Gasteiger partial charge in [-0.3, -0.25) is 9.69 Å². The van der Waals surface area contributed by atoms with Crippen molar-refractivity contribution in [2.45, 2.75) is 23.5 Å². The zero-order valence-electron chi connectivity index (χ0n) is 11.4. The van der Waals surface area contributed by atoms with Gasteiger partial charge in [-0.2, -0.15) is 0 Å². The number of nitrogens with one attached hydrogen (secondary N) is 1.